The van der Waals surface area contributed by atoms with E-state index in [2.05, 4.69) is 22.5 Å². The summed E-state index contributed by atoms with van der Waals surface area (Å²) in [6, 6.07) is 5.37. The molecule has 0 aliphatic carbocycles. The number of carbonyl (C=O) groups is 1. The lowest BCUT2D eigenvalue weighted by Crippen LogP contribution is -2.34. The maximum absolute atomic E-state index is 11.9. The zero-order chi connectivity index (χ0) is 15.2. The molecule has 2 N–H and O–H groups in total. The van der Waals surface area contributed by atoms with Crippen molar-refractivity contribution < 1.29 is 4.79 Å². The lowest BCUT2D eigenvalue weighted by atomic mass is 10.1. The van der Waals surface area contributed by atoms with Crippen molar-refractivity contribution in [2.24, 2.45) is 5.92 Å². The molecule has 1 aromatic rings. The Morgan fingerprint density at radius 1 is 1.48 bits per heavy atom. The zero-order valence-electron chi connectivity index (χ0n) is 12.8. The monoisotopic (exact) mass is 309 g/mol. The second-order valence-corrected chi connectivity index (χ2v) is 6.16. The minimum absolute atomic E-state index is 0.163. The topological polar surface area (TPSA) is 44.4 Å². The molecule has 0 bridgehead atoms. The van der Waals surface area contributed by atoms with Gasteiger partial charge in [-0.2, -0.15) is 0 Å². The summed E-state index contributed by atoms with van der Waals surface area (Å²) >= 11 is 6.05. The Bertz CT molecular complexity index is 492. The number of likely N-dealkylation sites (tertiary alicyclic amines) is 1. The molecule has 21 heavy (non-hydrogen) atoms. The third-order valence-electron chi connectivity index (χ3n) is 3.89. The summed E-state index contributed by atoms with van der Waals surface area (Å²) in [5.74, 6) is 0.559. The molecule has 0 radical (unpaired) electrons. The van der Waals surface area contributed by atoms with Gasteiger partial charge in [0, 0.05) is 23.8 Å². The molecular weight excluding hydrogens is 286 g/mol. The van der Waals surface area contributed by atoms with E-state index in [9.17, 15) is 4.79 Å². The van der Waals surface area contributed by atoms with E-state index in [0.29, 0.717) is 10.9 Å². The standard InChI is InChI=1S/C16H24ClN3O/c1-3-7-20-8-6-13(11-20)10-18-16(21)19-14-5-4-12(2)15(17)9-14/h4-5,9,13H,3,6-8,10-11H2,1-2H3,(H2,18,19,21). The Morgan fingerprint density at radius 2 is 2.29 bits per heavy atom. The Hall–Kier alpha value is -1.26. The molecule has 2 rings (SSSR count). The van der Waals surface area contributed by atoms with Crippen molar-refractivity contribution in [3.8, 4) is 0 Å². The number of benzene rings is 1. The molecule has 116 valence electrons. The van der Waals surface area contributed by atoms with Crippen LogP contribution >= 0.6 is 11.6 Å². The molecule has 1 saturated heterocycles. The van der Waals surface area contributed by atoms with Crippen LogP contribution in [0.15, 0.2) is 18.2 Å². The minimum atomic E-state index is -0.163. The molecule has 4 nitrogen and oxygen atoms in total. The molecule has 1 heterocycles. The Labute approximate surface area is 131 Å². The molecule has 5 heteroatoms. The summed E-state index contributed by atoms with van der Waals surface area (Å²) in [4.78, 5) is 14.4. The highest BCUT2D eigenvalue weighted by Crippen LogP contribution is 2.20. The maximum Gasteiger partial charge on any atom is 0.319 e. The number of anilines is 1. The van der Waals surface area contributed by atoms with Crippen LogP contribution in [0.5, 0.6) is 0 Å². The number of amides is 2. The Balaban J connectivity index is 1.74. The van der Waals surface area contributed by atoms with Crippen molar-refractivity contribution in [2.75, 3.05) is 31.5 Å². The van der Waals surface area contributed by atoms with Crippen LogP contribution in [0.3, 0.4) is 0 Å². The highest BCUT2D eigenvalue weighted by atomic mass is 35.5. The number of halogens is 1. The normalized spacial score (nSPS) is 18.7. The quantitative estimate of drug-likeness (QED) is 0.874. The minimum Gasteiger partial charge on any atom is -0.338 e. The van der Waals surface area contributed by atoms with Crippen LogP contribution in [0.25, 0.3) is 0 Å². The van der Waals surface area contributed by atoms with Crippen LogP contribution in [0.4, 0.5) is 10.5 Å². The van der Waals surface area contributed by atoms with Crippen molar-refractivity contribution in [1.82, 2.24) is 10.2 Å². The highest BCUT2D eigenvalue weighted by Gasteiger charge is 2.21. The van der Waals surface area contributed by atoms with Crippen molar-refractivity contribution in [1.29, 1.82) is 0 Å². The van der Waals surface area contributed by atoms with Gasteiger partial charge in [0.25, 0.3) is 0 Å². The van der Waals surface area contributed by atoms with Crippen LogP contribution in [0.2, 0.25) is 5.02 Å². The molecule has 1 aliphatic rings. The van der Waals surface area contributed by atoms with E-state index in [1.54, 1.807) is 6.07 Å². The number of hydrogen-bond acceptors (Lipinski definition) is 2. The van der Waals surface area contributed by atoms with Crippen LogP contribution in [0.1, 0.15) is 25.3 Å². The first kappa shape index (κ1) is 16.1. The van der Waals surface area contributed by atoms with E-state index >= 15 is 0 Å². The molecule has 0 spiro atoms. The van der Waals surface area contributed by atoms with Crippen molar-refractivity contribution in [2.45, 2.75) is 26.7 Å². The van der Waals surface area contributed by atoms with Gasteiger partial charge in [0.05, 0.1) is 0 Å². The zero-order valence-corrected chi connectivity index (χ0v) is 13.5. The maximum atomic E-state index is 11.9. The van der Waals surface area contributed by atoms with Crippen molar-refractivity contribution in [3.05, 3.63) is 28.8 Å². The SMILES string of the molecule is CCCN1CCC(CNC(=O)Nc2ccc(C)c(Cl)c2)C1. The van der Waals surface area contributed by atoms with Gasteiger partial charge in [0.2, 0.25) is 0 Å². The van der Waals surface area contributed by atoms with Gasteiger partial charge in [-0.3, -0.25) is 0 Å². The number of nitrogens with one attached hydrogen (secondary N) is 2. The molecule has 1 unspecified atom stereocenters. The Morgan fingerprint density at radius 3 is 3.00 bits per heavy atom. The van der Waals surface area contributed by atoms with E-state index in [0.717, 1.165) is 43.9 Å². The van der Waals surface area contributed by atoms with Gasteiger partial charge in [-0.25, -0.2) is 4.79 Å². The van der Waals surface area contributed by atoms with Gasteiger partial charge in [-0.15, -0.1) is 0 Å². The predicted octanol–water partition coefficient (Wildman–Crippen LogP) is 3.50. The number of nitrogens with zero attached hydrogens (tertiary/aromatic N) is 1. The van der Waals surface area contributed by atoms with Gasteiger partial charge in [-0.1, -0.05) is 24.6 Å². The summed E-state index contributed by atoms with van der Waals surface area (Å²) in [5, 5.41) is 6.44. The number of aryl methyl sites for hydroxylation is 1. The fraction of sp³-hybridized carbons (Fsp3) is 0.562. The molecule has 0 aromatic heterocycles. The van der Waals surface area contributed by atoms with Crippen molar-refractivity contribution in [3.63, 3.8) is 0 Å². The van der Waals surface area contributed by atoms with Gasteiger partial charge < -0.3 is 15.5 Å². The van der Waals surface area contributed by atoms with E-state index in [1.165, 1.54) is 6.42 Å². The Kier molecular flexibility index (Phi) is 5.88. The van der Waals surface area contributed by atoms with Crippen molar-refractivity contribution >= 4 is 23.3 Å². The molecule has 0 saturated carbocycles. The second-order valence-electron chi connectivity index (χ2n) is 5.75. The first-order chi connectivity index (χ1) is 10.1. The fourth-order valence-corrected chi connectivity index (χ4v) is 2.86. The summed E-state index contributed by atoms with van der Waals surface area (Å²) in [6.45, 7) is 8.26. The lowest BCUT2D eigenvalue weighted by molar-refractivity contribution is 0.249. The average molecular weight is 310 g/mol. The van der Waals surface area contributed by atoms with Crippen LogP contribution < -0.4 is 10.6 Å². The molecule has 1 fully saturated rings. The first-order valence-corrected chi connectivity index (χ1v) is 7.99. The van der Waals surface area contributed by atoms with E-state index < -0.39 is 0 Å². The van der Waals surface area contributed by atoms with Gasteiger partial charge in [0.1, 0.15) is 0 Å². The van der Waals surface area contributed by atoms with Gasteiger partial charge in [-0.05, 0) is 56.5 Å². The number of hydrogen-bond donors (Lipinski definition) is 2. The number of rotatable bonds is 5. The summed E-state index contributed by atoms with van der Waals surface area (Å²) in [6.07, 6.45) is 2.35. The fourth-order valence-electron chi connectivity index (χ4n) is 2.68. The first-order valence-electron chi connectivity index (χ1n) is 7.62. The third kappa shape index (κ3) is 4.90. The van der Waals surface area contributed by atoms with Crippen LogP contribution in [0, 0.1) is 12.8 Å². The summed E-state index contributed by atoms with van der Waals surface area (Å²) in [5.41, 5.74) is 1.73. The third-order valence-corrected chi connectivity index (χ3v) is 4.30. The van der Waals surface area contributed by atoms with E-state index in [-0.39, 0.29) is 6.03 Å². The van der Waals surface area contributed by atoms with E-state index in [1.807, 2.05) is 19.1 Å². The summed E-state index contributed by atoms with van der Waals surface area (Å²) < 4.78 is 0. The molecular formula is C16H24ClN3O. The highest BCUT2D eigenvalue weighted by molar-refractivity contribution is 6.31. The van der Waals surface area contributed by atoms with Crippen LogP contribution in [-0.2, 0) is 0 Å². The molecule has 2 amide bonds. The van der Waals surface area contributed by atoms with Gasteiger partial charge >= 0.3 is 6.03 Å². The lowest BCUT2D eigenvalue weighted by Gasteiger charge is -2.15. The molecule has 1 aliphatic heterocycles. The molecule has 1 aromatic carbocycles. The van der Waals surface area contributed by atoms with E-state index in [4.69, 9.17) is 11.6 Å². The second kappa shape index (κ2) is 7.66. The number of carbonyl (C=O) groups excluding carboxylic acids is 1. The van der Waals surface area contributed by atoms with Gasteiger partial charge in [0.15, 0.2) is 0 Å². The average Bonchev–Trinajstić information content (AvgIpc) is 2.89. The predicted molar refractivity (Wildman–Crippen MR) is 88.0 cm³/mol. The molecule has 1 atom stereocenters. The van der Waals surface area contributed by atoms with Crippen LogP contribution in [-0.4, -0.2) is 37.1 Å². The largest absolute Gasteiger partial charge is 0.338 e. The smallest absolute Gasteiger partial charge is 0.319 e. The number of urea groups is 1. The summed E-state index contributed by atoms with van der Waals surface area (Å²) in [7, 11) is 0.